The van der Waals surface area contributed by atoms with Crippen molar-refractivity contribution in [2.75, 3.05) is 13.2 Å². The molecule has 0 radical (unpaired) electrons. The van der Waals surface area contributed by atoms with E-state index in [-0.39, 0.29) is 19.2 Å². The van der Waals surface area contributed by atoms with Gasteiger partial charge in [-0.05, 0) is 40.0 Å². The number of nitrogens with one attached hydrogen (secondary N) is 2. The lowest BCUT2D eigenvalue weighted by Gasteiger charge is -2.24. The van der Waals surface area contributed by atoms with E-state index in [1.165, 1.54) is 0 Å². The van der Waals surface area contributed by atoms with Crippen molar-refractivity contribution in [3.63, 3.8) is 0 Å². The summed E-state index contributed by atoms with van der Waals surface area (Å²) in [5, 5.41) is 5.16. The number of hydrogen-bond donors (Lipinski definition) is 2. The number of alkyl carbamates (subject to hydrolysis) is 1. The van der Waals surface area contributed by atoms with Crippen LogP contribution in [-0.2, 0) is 19.1 Å². The Bertz CT molecular complexity index is 388. The SMILES string of the molecule is CCOC(=O)C(=O)NC[C@H](CC(C)C)NC(=O)OC(C)(C)C. The van der Waals surface area contributed by atoms with Crippen LogP contribution >= 0.6 is 0 Å². The smallest absolute Gasteiger partial charge is 0.407 e. The minimum absolute atomic E-state index is 0.134. The Morgan fingerprint density at radius 2 is 1.73 bits per heavy atom. The first kappa shape index (κ1) is 20.2. The maximum Gasteiger partial charge on any atom is 0.407 e. The van der Waals surface area contributed by atoms with E-state index in [9.17, 15) is 14.4 Å². The second kappa shape index (κ2) is 9.27. The first-order valence-corrected chi connectivity index (χ1v) is 7.49. The Hall–Kier alpha value is -1.79. The Morgan fingerprint density at radius 3 is 2.18 bits per heavy atom. The van der Waals surface area contributed by atoms with Gasteiger partial charge in [0, 0.05) is 12.6 Å². The van der Waals surface area contributed by atoms with E-state index in [0.29, 0.717) is 12.3 Å². The summed E-state index contributed by atoms with van der Waals surface area (Å²) in [7, 11) is 0. The lowest BCUT2D eigenvalue weighted by molar-refractivity contribution is -0.154. The summed E-state index contributed by atoms with van der Waals surface area (Å²) in [6.45, 7) is 11.2. The van der Waals surface area contributed by atoms with Gasteiger partial charge in [0.15, 0.2) is 0 Å². The van der Waals surface area contributed by atoms with Crippen LogP contribution in [-0.4, -0.2) is 42.8 Å². The van der Waals surface area contributed by atoms with E-state index in [1.54, 1.807) is 27.7 Å². The lowest BCUT2D eigenvalue weighted by atomic mass is 10.0. The zero-order chi connectivity index (χ0) is 17.3. The van der Waals surface area contributed by atoms with Crippen molar-refractivity contribution in [1.29, 1.82) is 0 Å². The van der Waals surface area contributed by atoms with E-state index in [1.807, 2.05) is 13.8 Å². The molecule has 0 saturated carbocycles. The molecule has 0 saturated heterocycles. The highest BCUT2D eigenvalue weighted by Gasteiger charge is 2.22. The van der Waals surface area contributed by atoms with E-state index >= 15 is 0 Å². The van der Waals surface area contributed by atoms with Crippen LogP contribution in [0.25, 0.3) is 0 Å². The highest BCUT2D eigenvalue weighted by Crippen LogP contribution is 2.09. The summed E-state index contributed by atoms with van der Waals surface area (Å²) in [4.78, 5) is 34.5. The number of hydrogen-bond acceptors (Lipinski definition) is 5. The third-order valence-corrected chi connectivity index (χ3v) is 2.45. The van der Waals surface area contributed by atoms with Gasteiger partial charge in [-0.2, -0.15) is 0 Å². The molecule has 0 aliphatic rings. The molecule has 128 valence electrons. The van der Waals surface area contributed by atoms with Crippen molar-refractivity contribution in [2.24, 2.45) is 5.92 Å². The maximum atomic E-state index is 11.8. The van der Waals surface area contributed by atoms with Crippen molar-refractivity contribution < 1.29 is 23.9 Å². The molecule has 1 atom stereocenters. The summed E-state index contributed by atoms with van der Waals surface area (Å²) in [5.74, 6) is -1.44. The van der Waals surface area contributed by atoms with Crippen LogP contribution in [0.4, 0.5) is 4.79 Å². The second-order valence-corrected chi connectivity index (χ2v) is 6.40. The molecule has 0 spiro atoms. The average Bonchev–Trinajstić information content (AvgIpc) is 2.32. The van der Waals surface area contributed by atoms with Crippen molar-refractivity contribution in [3.05, 3.63) is 0 Å². The molecule has 0 rings (SSSR count). The van der Waals surface area contributed by atoms with E-state index in [0.717, 1.165) is 0 Å². The fraction of sp³-hybridized carbons (Fsp3) is 0.800. The minimum atomic E-state index is -0.928. The molecule has 0 aromatic rings. The van der Waals surface area contributed by atoms with Crippen LogP contribution < -0.4 is 10.6 Å². The first-order valence-electron chi connectivity index (χ1n) is 7.49. The monoisotopic (exact) mass is 316 g/mol. The summed E-state index contributed by atoms with van der Waals surface area (Å²) in [6, 6.07) is -0.326. The highest BCUT2D eigenvalue weighted by atomic mass is 16.6. The van der Waals surface area contributed by atoms with Gasteiger partial charge in [0.2, 0.25) is 0 Å². The number of carbonyl (C=O) groups excluding carboxylic acids is 3. The molecule has 2 amide bonds. The standard InChI is InChI=1S/C15H28N2O5/c1-7-21-13(19)12(18)16-9-11(8-10(2)3)17-14(20)22-15(4,5)6/h10-11H,7-9H2,1-6H3,(H,16,18)(H,17,20)/t11-/m0/s1. The molecule has 0 fully saturated rings. The molecule has 0 aliphatic heterocycles. The summed E-state index contributed by atoms with van der Waals surface area (Å²) in [6.07, 6.45) is 0.0889. The quantitative estimate of drug-likeness (QED) is 0.573. The largest absolute Gasteiger partial charge is 0.459 e. The van der Waals surface area contributed by atoms with Crippen molar-refractivity contribution in [2.45, 2.75) is 59.6 Å². The predicted octanol–water partition coefficient (Wildman–Crippen LogP) is 1.61. The predicted molar refractivity (Wildman–Crippen MR) is 82.3 cm³/mol. The van der Waals surface area contributed by atoms with Crippen molar-refractivity contribution in [3.8, 4) is 0 Å². The Morgan fingerprint density at radius 1 is 1.14 bits per heavy atom. The van der Waals surface area contributed by atoms with Gasteiger partial charge in [-0.3, -0.25) is 4.79 Å². The number of esters is 1. The van der Waals surface area contributed by atoms with Crippen molar-refractivity contribution in [1.82, 2.24) is 10.6 Å². The molecular formula is C15H28N2O5. The summed E-state index contributed by atoms with van der Waals surface area (Å²) >= 11 is 0. The van der Waals surface area contributed by atoms with Gasteiger partial charge < -0.3 is 20.1 Å². The molecule has 0 aromatic carbocycles. The highest BCUT2D eigenvalue weighted by molar-refractivity contribution is 6.32. The van der Waals surface area contributed by atoms with Crippen LogP contribution in [0.5, 0.6) is 0 Å². The van der Waals surface area contributed by atoms with Gasteiger partial charge in [-0.1, -0.05) is 13.8 Å². The first-order chi connectivity index (χ1) is 10.0. The van der Waals surface area contributed by atoms with Crippen LogP contribution in [0.15, 0.2) is 0 Å². The Labute approximate surface area is 132 Å². The normalized spacial score (nSPS) is 12.5. The molecular weight excluding hydrogens is 288 g/mol. The third kappa shape index (κ3) is 10.0. The number of ether oxygens (including phenoxy) is 2. The van der Waals surface area contributed by atoms with Crippen LogP contribution in [0, 0.1) is 5.92 Å². The molecule has 7 heteroatoms. The van der Waals surface area contributed by atoms with Gasteiger partial charge in [0.25, 0.3) is 0 Å². The average molecular weight is 316 g/mol. The molecule has 0 aromatic heterocycles. The minimum Gasteiger partial charge on any atom is -0.459 e. The van der Waals surface area contributed by atoms with Crippen LogP contribution in [0.3, 0.4) is 0 Å². The summed E-state index contributed by atoms with van der Waals surface area (Å²) < 4.78 is 9.79. The fourth-order valence-electron chi connectivity index (χ4n) is 1.72. The van der Waals surface area contributed by atoms with Gasteiger partial charge >= 0.3 is 18.0 Å². The number of amides is 2. The van der Waals surface area contributed by atoms with Gasteiger partial charge in [0.05, 0.1) is 6.61 Å². The van der Waals surface area contributed by atoms with E-state index in [4.69, 9.17) is 4.74 Å². The van der Waals surface area contributed by atoms with Gasteiger partial charge in [-0.15, -0.1) is 0 Å². The summed E-state index contributed by atoms with van der Waals surface area (Å²) in [5.41, 5.74) is -0.597. The molecule has 0 aliphatic carbocycles. The number of carbonyl (C=O) groups is 3. The fourth-order valence-corrected chi connectivity index (χ4v) is 1.72. The number of rotatable bonds is 6. The van der Waals surface area contributed by atoms with E-state index < -0.39 is 23.6 Å². The maximum absolute atomic E-state index is 11.8. The molecule has 0 bridgehead atoms. The van der Waals surface area contributed by atoms with Crippen LogP contribution in [0.1, 0.15) is 48.0 Å². The molecule has 22 heavy (non-hydrogen) atoms. The third-order valence-electron chi connectivity index (χ3n) is 2.45. The second-order valence-electron chi connectivity index (χ2n) is 6.40. The molecule has 0 unspecified atom stereocenters. The van der Waals surface area contributed by atoms with Crippen LogP contribution in [0.2, 0.25) is 0 Å². The molecule has 0 heterocycles. The molecule has 7 nitrogen and oxygen atoms in total. The topological polar surface area (TPSA) is 93.7 Å². The zero-order valence-electron chi connectivity index (χ0n) is 14.3. The Balaban J connectivity index is 4.49. The van der Waals surface area contributed by atoms with Gasteiger partial charge in [0.1, 0.15) is 5.60 Å². The zero-order valence-corrected chi connectivity index (χ0v) is 14.3. The van der Waals surface area contributed by atoms with Crippen molar-refractivity contribution >= 4 is 18.0 Å². The lowest BCUT2D eigenvalue weighted by Crippen LogP contribution is -2.47. The Kier molecular flexibility index (Phi) is 8.52. The molecule has 2 N–H and O–H groups in total. The van der Waals surface area contributed by atoms with Gasteiger partial charge in [-0.25, -0.2) is 9.59 Å². The van der Waals surface area contributed by atoms with E-state index in [2.05, 4.69) is 15.4 Å².